The summed E-state index contributed by atoms with van der Waals surface area (Å²) in [5, 5.41) is 1.27. The second kappa shape index (κ2) is 7.28. The Hall–Kier alpha value is -0.330. The number of hydrogen-bond acceptors (Lipinski definition) is 1. The number of halogens is 5. The molecule has 0 aliphatic heterocycles. The number of rotatable bonds is 3. The standard InChI is InChI=1S/C16H9Br3Cl2N2/c17-9-4-11(18)16(12(19)5-9)14-7-22-15(23-14)3-8-1-2-10(20)6-13(8)21/h1-2,4-7H,3H2,(H,22,23). The Morgan fingerprint density at radius 3 is 2.35 bits per heavy atom. The Morgan fingerprint density at radius 2 is 1.70 bits per heavy atom. The van der Waals surface area contributed by atoms with Crippen LogP contribution in [0.4, 0.5) is 0 Å². The van der Waals surface area contributed by atoms with Gasteiger partial charge in [0.1, 0.15) is 5.82 Å². The third kappa shape index (κ3) is 4.02. The molecule has 23 heavy (non-hydrogen) atoms. The highest BCUT2D eigenvalue weighted by molar-refractivity contribution is 9.11. The van der Waals surface area contributed by atoms with Crippen molar-refractivity contribution >= 4 is 71.0 Å². The van der Waals surface area contributed by atoms with Crippen molar-refractivity contribution in [1.82, 2.24) is 9.97 Å². The lowest BCUT2D eigenvalue weighted by molar-refractivity contribution is 1.03. The largest absolute Gasteiger partial charge is 0.342 e. The van der Waals surface area contributed by atoms with Gasteiger partial charge in [-0.1, -0.05) is 77.1 Å². The molecule has 0 radical (unpaired) electrons. The topological polar surface area (TPSA) is 28.7 Å². The van der Waals surface area contributed by atoms with Crippen LogP contribution >= 0.6 is 71.0 Å². The minimum Gasteiger partial charge on any atom is -0.342 e. The molecule has 0 bridgehead atoms. The Labute approximate surface area is 169 Å². The number of hydrogen-bond donors (Lipinski definition) is 1. The van der Waals surface area contributed by atoms with Gasteiger partial charge in [-0.05, 0) is 29.8 Å². The zero-order chi connectivity index (χ0) is 16.6. The van der Waals surface area contributed by atoms with E-state index in [1.165, 1.54) is 0 Å². The zero-order valence-electron chi connectivity index (χ0n) is 11.5. The number of benzene rings is 2. The first-order valence-electron chi connectivity index (χ1n) is 6.57. The molecule has 3 aromatic rings. The fourth-order valence-corrected chi connectivity index (χ4v) is 5.39. The number of nitrogens with one attached hydrogen (secondary N) is 1. The van der Waals surface area contributed by atoms with Crippen molar-refractivity contribution < 1.29 is 0 Å². The highest BCUT2D eigenvalue weighted by atomic mass is 79.9. The number of aromatic amines is 1. The normalized spacial score (nSPS) is 11.0. The maximum Gasteiger partial charge on any atom is 0.110 e. The molecule has 118 valence electrons. The van der Waals surface area contributed by atoms with Crippen molar-refractivity contribution in [2.24, 2.45) is 0 Å². The van der Waals surface area contributed by atoms with Crippen LogP contribution in [0, 0.1) is 0 Å². The quantitative estimate of drug-likeness (QED) is 0.373. The highest BCUT2D eigenvalue weighted by Crippen LogP contribution is 2.37. The van der Waals surface area contributed by atoms with Gasteiger partial charge in [0.05, 0.1) is 11.9 Å². The van der Waals surface area contributed by atoms with E-state index in [0.29, 0.717) is 16.5 Å². The summed E-state index contributed by atoms with van der Waals surface area (Å²) in [7, 11) is 0. The van der Waals surface area contributed by atoms with Crippen LogP contribution in [-0.2, 0) is 6.42 Å². The molecule has 7 heteroatoms. The lowest BCUT2D eigenvalue weighted by atomic mass is 10.1. The van der Waals surface area contributed by atoms with E-state index in [9.17, 15) is 0 Å². The predicted octanol–water partition coefficient (Wildman–Crippen LogP) is 7.26. The van der Waals surface area contributed by atoms with Crippen LogP contribution in [0.5, 0.6) is 0 Å². The van der Waals surface area contributed by atoms with Gasteiger partial charge in [-0.2, -0.15) is 0 Å². The SMILES string of the molecule is Clc1ccc(Cc2ncc(-c3c(Br)cc(Br)cc3Br)[nH]2)c(Cl)c1. The Kier molecular flexibility index (Phi) is 5.53. The molecular weight excluding hydrogens is 531 g/mol. The maximum atomic E-state index is 6.22. The van der Waals surface area contributed by atoms with Crippen molar-refractivity contribution in [2.45, 2.75) is 6.42 Å². The molecule has 0 aliphatic rings. The van der Waals surface area contributed by atoms with Crippen molar-refractivity contribution in [3.05, 3.63) is 71.4 Å². The van der Waals surface area contributed by atoms with Gasteiger partial charge < -0.3 is 4.98 Å². The molecule has 0 unspecified atom stereocenters. The van der Waals surface area contributed by atoms with Crippen molar-refractivity contribution in [3.63, 3.8) is 0 Å². The molecule has 0 saturated heterocycles. The molecule has 2 nitrogen and oxygen atoms in total. The molecule has 0 spiro atoms. The lowest BCUT2D eigenvalue weighted by Crippen LogP contribution is -1.92. The van der Waals surface area contributed by atoms with Gasteiger partial charge in [0.15, 0.2) is 0 Å². The zero-order valence-corrected chi connectivity index (χ0v) is 17.8. The first-order valence-corrected chi connectivity index (χ1v) is 9.70. The van der Waals surface area contributed by atoms with E-state index < -0.39 is 0 Å². The van der Waals surface area contributed by atoms with E-state index in [0.717, 1.165) is 36.1 Å². The summed E-state index contributed by atoms with van der Waals surface area (Å²) in [5.74, 6) is 0.839. The molecule has 0 saturated carbocycles. The van der Waals surface area contributed by atoms with Gasteiger partial charge >= 0.3 is 0 Å². The molecule has 1 heterocycles. The fraction of sp³-hybridized carbons (Fsp3) is 0.0625. The third-order valence-electron chi connectivity index (χ3n) is 3.28. The maximum absolute atomic E-state index is 6.22. The number of aromatic nitrogens is 2. The summed E-state index contributed by atoms with van der Waals surface area (Å²) in [5.41, 5.74) is 2.93. The van der Waals surface area contributed by atoms with Gasteiger partial charge in [-0.3, -0.25) is 0 Å². The van der Waals surface area contributed by atoms with Gasteiger partial charge in [0.2, 0.25) is 0 Å². The summed E-state index contributed by atoms with van der Waals surface area (Å²) in [4.78, 5) is 7.80. The average Bonchev–Trinajstić information content (AvgIpc) is 2.89. The first kappa shape index (κ1) is 17.5. The molecule has 0 amide bonds. The van der Waals surface area contributed by atoms with Gasteiger partial charge in [0, 0.05) is 35.4 Å². The molecule has 0 fully saturated rings. The summed E-state index contributed by atoms with van der Waals surface area (Å²) < 4.78 is 2.93. The highest BCUT2D eigenvalue weighted by Gasteiger charge is 2.13. The summed E-state index contributed by atoms with van der Waals surface area (Å²) in [6.07, 6.45) is 2.43. The Morgan fingerprint density at radius 1 is 1.00 bits per heavy atom. The summed E-state index contributed by atoms with van der Waals surface area (Å²) in [6, 6.07) is 9.48. The van der Waals surface area contributed by atoms with Crippen LogP contribution in [0.1, 0.15) is 11.4 Å². The van der Waals surface area contributed by atoms with E-state index >= 15 is 0 Å². The minimum absolute atomic E-state index is 0.613. The van der Waals surface area contributed by atoms with Crippen molar-refractivity contribution in [2.75, 3.05) is 0 Å². The van der Waals surface area contributed by atoms with Crippen LogP contribution in [0.25, 0.3) is 11.3 Å². The molecule has 1 N–H and O–H groups in total. The molecule has 1 aromatic heterocycles. The average molecular weight is 540 g/mol. The lowest BCUT2D eigenvalue weighted by Gasteiger charge is -2.06. The number of H-pyrrole nitrogens is 1. The molecule has 3 rings (SSSR count). The molecule has 0 atom stereocenters. The smallest absolute Gasteiger partial charge is 0.110 e. The molecular formula is C16H9Br3Cl2N2. The van der Waals surface area contributed by atoms with Crippen LogP contribution < -0.4 is 0 Å². The summed E-state index contributed by atoms with van der Waals surface area (Å²) in [6.45, 7) is 0. The van der Waals surface area contributed by atoms with E-state index in [4.69, 9.17) is 23.2 Å². The van der Waals surface area contributed by atoms with Crippen LogP contribution in [0.15, 0.2) is 49.9 Å². The number of imidazole rings is 1. The first-order chi connectivity index (χ1) is 10.9. The monoisotopic (exact) mass is 536 g/mol. The van der Waals surface area contributed by atoms with Gasteiger partial charge in [0.25, 0.3) is 0 Å². The number of nitrogens with zero attached hydrogens (tertiary/aromatic N) is 1. The minimum atomic E-state index is 0.613. The van der Waals surface area contributed by atoms with Gasteiger partial charge in [-0.15, -0.1) is 0 Å². The third-order valence-corrected chi connectivity index (χ3v) is 5.57. The Balaban J connectivity index is 1.92. The second-order valence-electron chi connectivity index (χ2n) is 4.90. The van der Waals surface area contributed by atoms with E-state index in [1.807, 2.05) is 30.5 Å². The van der Waals surface area contributed by atoms with Crippen LogP contribution in [-0.4, -0.2) is 9.97 Å². The Bertz CT molecular complexity index is 855. The van der Waals surface area contributed by atoms with Crippen molar-refractivity contribution in [1.29, 1.82) is 0 Å². The van der Waals surface area contributed by atoms with E-state index in [-0.39, 0.29) is 0 Å². The predicted molar refractivity (Wildman–Crippen MR) is 106 cm³/mol. The summed E-state index contributed by atoms with van der Waals surface area (Å²) >= 11 is 22.8. The van der Waals surface area contributed by atoms with Crippen molar-refractivity contribution in [3.8, 4) is 11.3 Å². The van der Waals surface area contributed by atoms with Gasteiger partial charge in [-0.25, -0.2) is 4.98 Å². The molecule has 0 aliphatic carbocycles. The van der Waals surface area contributed by atoms with E-state index in [1.54, 1.807) is 6.07 Å². The second-order valence-corrected chi connectivity index (χ2v) is 8.37. The molecule has 2 aromatic carbocycles. The van der Waals surface area contributed by atoms with E-state index in [2.05, 4.69) is 57.8 Å². The fourth-order valence-electron chi connectivity index (χ4n) is 2.22. The van der Waals surface area contributed by atoms with Crippen LogP contribution in [0.2, 0.25) is 10.0 Å². The van der Waals surface area contributed by atoms with Crippen LogP contribution in [0.3, 0.4) is 0 Å².